The van der Waals surface area contributed by atoms with Gasteiger partial charge in [0.25, 0.3) is 11.6 Å². The van der Waals surface area contributed by atoms with Crippen LogP contribution < -0.4 is 9.75 Å². The molecule has 0 bridgehead atoms. The SMILES string of the molecule is COc1ccc(-c2csc(N3N=C(C)[C@@H](N=Nc4cccc([N+](=O)[O-])c4)C3=O)n2)cc1. The van der Waals surface area contributed by atoms with Crippen molar-refractivity contribution >= 4 is 39.5 Å². The molecule has 2 aromatic carbocycles. The lowest BCUT2D eigenvalue weighted by atomic mass is 10.2. The van der Waals surface area contributed by atoms with Crippen LogP contribution in [0.4, 0.5) is 16.5 Å². The topological polar surface area (TPSA) is 123 Å². The van der Waals surface area contributed by atoms with Crippen LogP contribution in [0.15, 0.2) is 69.2 Å². The highest BCUT2D eigenvalue weighted by Crippen LogP contribution is 2.31. The van der Waals surface area contributed by atoms with E-state index in [4.69, 9.17) is 4.74 Å². The number of anilines is 1. The summed E-state index contributed by atoms with van der Waals surface area (Å²) in [6.45, 7) is 1.67. The van der Waals surface area contributed by atoms with Crippen molar-refractivity contribution in [2.45, 2.75) is 13.0 Å². The van der Waals surface area contributed by atoms with Gasteiger partial charge in [-0.2, -0.15) is 20.3 Å². The van der Waals surface area contributed by atoms with Gasteiger partial charge in [0.15, 0.2) is 6.04 Å². The molecule has 0 spiro atoms. The van der Waals surface area contributed by atoms with Crippen LogP contribution in [0, 0.1) is 10.1 Å². The molecule has 1 amide bonds. The number of carbonyl (C=O) groups is 1. The van der Waals surface area contributed by atoms with Gasteiger partial charge >= 0.3 is 0 Å². The Morgan fingerprint density at radius 3 is 2.71 bits per heavy atom. The second-order valence-electron chi connectivity index (χ2n) is 6.53. The van der Waals surface area contributed by atoms with Crippen LogP contribution >= 0.6 is 11.3 Å². The van der Waals surface area contributed by atoms with Gasteiger partial charge in [0.05, 0.1) is 29.1 Å². The Kier molecular flexibility index (Phi) is 5.50. The normalized spacial score (nSPS) is 16.1. The smallest absolute Gasteiger partial charge is 0.282 e. The Morgan fingerprint density at radius 2 is 2.00 bits per heavy atom. The fourth-order valence-corrected chi connectivity index (χ4v) is 3.66. The summed E-state index contributed by atoms with van der Waals surface area (Å²) in [7, 11) is 1.60. The van der Waals surface area contributed by atoms with Crippen molar-refractivity contribution in [3.8, 4) is 17.0 Å². The maximum atomic E-state index is 12.8. The van der Waals surface area contributed by atoms with Crippen LogP contribution in [-0.2, 0) is 4.79 Å². The van der Waals surface area contributed by atoms with Crippen molar-refractivity contribution in [3.05, 3.63) is 64.0 Å². The standard InChI is InChI=1S/C20H16N6O4S/c1-12-18(23-22-14-4-3-5-15(10-14)26(28)29)19(27)25(24-12)20-21-17(11-31-20)13-6-8-16(30-2)9-7-13/h3-11,18H,1-2H3/t18-/m1/s1. The van der Waals surface area contributed by atoms with E-state index < -0.39 is 11.0 Å². The van der Waals surface area contributed by atoms with E-state index in [9.17, 15) is 14.9 Å². The van der Waals surface area contributed by atoms with Gasteiger partial charge in [0.1, 0.15) is 5.75 Å². The van der Waals surface area contributed by atoms with Crippen LogP contribution in [0.1, 0.15) is 6.92 Å². The summed E-state index contributed by atoms with van der Waals surface area (Å²) in [5.41, 5.74) is 2.24. The zero-order valence-corrected chi connectivity index (χ0v) is 17.3. The van der Waals surface area contributed by atoms with Crippen molar-refractivity contribution < 1.29 is 14.5 Å². The van der Waals surface area contributed by atoms with Crippen molar-refractivity contribution in [3.63, 3.8) is 0 Å². The Morgan fingerprint density at radius 1 is 1.23 bits per heavy atom. The monoisotopic (exact) mass is 436 g/mol. The Hall–Kier alpha value is -3.99. The molecule has 0 aliphatic carbocycles. The highest BCUT2D eigenvalue weighted by Gasteiger charge is 2.36. The van der Waals surface area contributed by atoms with Crippen molar-refractivity contribution in [1.82, 2.24) is 4.98 Å². The van der Waals surface area contributed by atoms with Gasteiger partial charge in [-0.25, -0.2) is 4.98 Å². The molecule has 1 aliphatic heterocycles. The largest absolute Gasteiger partial charge is 0.497 e. The molecular formula is C20H16N6O4S. The van der Waals surface area contributed by atoms with E-state index >= 15 is 0 Å². The lowest BCUT2D eigenvalue weighted by Gasteiger charge is -2.08. The summed E-state index contributed by atoms with van der Waals surface area (Å²) in [5.74, 6) is 0.355. The van der Waals surface area contributed by atoms with Crippen molar-refractivity contribution in [2.24, 2.45) is 15.3 Å². The number of rotatable bonds is 6. The first-order valence-corrected chi connectivity index (χ1v) is 9.98. The number of ether oxygens (including phenoxy) is 1. The first kappa shape index (κ1) is 20.3. The second-order valence-corrected chi connectivity index (χ2v) is 7.37. The van der Waals surface area contributed by atoms with Crippen LogP contribution in [0.5, 0.6) is 5.75 Å². The summed E-state index contributed by atoms with van der Waals surface area (Å²) in [5, 5.41) is 26.7. The highest BCUT2D eigenvalue weighted by atomic mass is 32.1. The van der Waals surface area contributed by atoms with E-state index in [1.54, 1.807) is 20.1 Å². The molecule has 0 N–H and O–H groups in total. The number of thiazole rings is 1. The van der Waals surface area contributed by atoms with Gasteiger partial charge in [-0.3, -0.25) is 14.9 Å². The summed E-state index contributed by atoms with van der Waals surface area (Å²) in [6.07, 6.45) is 0. The summed E-state index contributed by atoms with van der Waals surface area (Å²) in [6, 6.07) is 12.2. The van der Waals surface area contributed by atoms with Crippen LogP contribution in [0.3, 0.4) is 0 Å². The Balaban J connectivity index is 1.52. The number of hydrogen-bond acceptors (Lipinski definition) is 9. The fourth-order valence-electron chi connectivity index (χ4n) is 2.88. The van der Waals surface area contributed by atoms with Crippen LogP contribution in [0.25, 0.3) is 11.3 Å². The number of carbonyl (C=O) groups excluding carboxylic acids is 1. The molecule has 2 heterocycles. The number of amides is 1. The third kappa shape index (κ3) is 4.16. The third-order valence-corrected chi connectivity index (χ3v) is 5.30. The zero-order valence-electron chi connectivity index (χ0n) is 16.5. The number of methoxy groups -OCH3 is 1. The van der Waals surface area contributed by atoms with Crippen LogP contribution in [-0.4, -0.2) is 34.7 Å². The number of hydrazone groups is 1. The van der Waals surface area contributed by atoms with E-state index in [1.807, 2.05) is 29.6 Å². The molecule has 3 aromatic rings. The molecule has 11 heteroatoms. The maximum absolute atomic E-state index is 12.8. The minimum atomic E-state index is -0.910. The average Bonchev–Trinajstić information content (AvgIpc) is 3.37. The van der Waals surface area contributed by atoms with Gasteiger partial charge < -0.3 is 4.74 Å². The highest BCUT2D eigenvalue weighted by molar-refractivity contribution is 7.14. The van der Waals surface area contributed by atoms with Gasteiger partial charge in [-0.1, -0.05) is 6.07 Å². The van der Waals surface area contributed by atoms with E-state index in [-0.39, 0.29) is 17.3 Å². The first-order valence-electron chi connectivity index (χ1n) is 9.10. The first-order chi connectivity index (χ1) is 15.0. The lowest BCUT2D eigenvalue weighted by molar-refractivity contribution is -0.384. The van der Waals surface area contributed by atoms with Gasteiger partial charge in [0, 0.05) is 23.1 Å². The van der Waals surface area contributed by atoms with Gasteiger partial charge in [-0.15, -0.1) is 11.3 Å². The molecule has 0 unspecified atom stereocenters. The predicted octanol–water partition coefficient (Wildman–Crippen LogP) is 4.60. The molecular weight excluding hydrogens is 420 g/mol. The number of nitro groups is 1. The van der Waals surface area contributed by atoms with E-state index in [0.29, 0.717) is 16.5 Å². The number of hydrogen-bond donors (Lipinski definition) is 0. The molecule has 0 radical (unpaired) electrons. The van der Waals surface area contributed by atoms with Gasteiger partial charge in [-0.05, 0) is 37.3 Å². The predicted molar refractivity (Wildman–Crippen MR) is 116 cm³/mol. The number of nitro benzene ring substituents is 1. The molecule has 31 heavy (non-hydrogen) atoms. The Labute approximate surface area is 180 Å². The third-order valence-electron chi connectivity index (χ3n) is 4.48. The number of nitrogens with zero attached hydrogens (tertiary/aromatic N) is 6. The van der Waals surface area contributed by atoms with Gasteiger partial charge in [0.2, 0.25) is 5.13 Å². The van der Waals surface area contributed by atoms with E-state index in [1.165, 1.54) is 34.5 Å². The molecule has 10 nitrogen and oxygen atoms in total. The molecule has 0 saturated carbocycles. The second kappa shape index (κ2) is 8.40. The Bertz CT molecular complexity index is 1200. The van der Waals surface area contributed by atoms with E-state index in [0.717, 1.165) is 11.3 Å². The molecule has 4 rings (SSSR count). The summed E-state index contributed by atoms with van der Waals surface area (Å²) >= 11 is 1.29. The van der Waals surface area contributed by atoms with Crippen molar-refractivity contribution in [1.29, 1.82) is 0 Å². The molecule has 1 aromatic heterocycles. The molecule has 0 saturated heterocycles. The number of azo groups is 1. The minimum absolute atomic E-state index is 0.102. The fraction of sp³-hybridized carbons (Fsp3) is 0.150. The summed E-state index contributed by atoms with van der Waals surface area (Å²) in [4.78, 5) is 27.7. The quantitative estimate of drug-likeness (QED) is 0.317. The average molecular weight is 436 g/mol. The maximum Gasteiger partial charge on any atom is 0.282 e. The number of benzene rings is 2. The number of aromatic nitrogens is 1. The van der Waals surface area contributed by atoms with Crippen molar-refractivity contribution in [2.75, 3.05) is 12.1 Å². The molecule has 1 atom stereocenters. The molecule has 1 aliphatic rings. The van der Waals surface area contributed by atoms with Crippen LogP contribution in [0.2, 0.25) is 0 Å². The zero-order chi connectivity index (χ0) is 22.0. The number of non-ortho nitro benzene ring substituents is 1. The molecule has 156 valence electrons. The molecule has 0 fully saturated rings. The summed E-state index contributed by atoms with van der Waals surface area (Å²) < 4.78 is 5.16. The minimum Gasteiger partial charge on any atom is -0.497 e. The van der Waals surface area contributed by atoms with E-state index in [2.05, 4.69) is 20.3 Å². The lowest BCUT2D eigenvalue weighted by Crippen LogP contribution is -2.29.